The summed E-state index contributed by atoms with van der Waals surface area (Å²) >= 11 is 1.50. The van der Waals surface area contributed by atoms with E-state index in [1.165, 1.54) is 11.8 Å². The molecule has 0 saturated heterocycles. The molecule has 0 aliphatic heterocycles. The maximum absolute atomic E-state index is 11.8. The van der Waals surface area contributed by atoms with E-state index in [9.17, 15) is 9.59 Å². The van der Waals surface area contributed by atoms with Gasteiger partial charge in [0.15, 0.2) is 0 Å². The molecule has 2 aromatic carbocycles. The van der Waals surface area contributed by atoms with Gasteiger partial charge in [-0.1, -0.05) is 42.5 Å². The number of carbonyl (C=O) groups excluding carboxylic acids is 2. The second-order valence-electron chi connectivity index (χ2n) is 5.66. The van der Waals surface area contributed by atoms with Crippen molar-refractivity contribution < 1.29 is 9.59 Å². The van der Waals surface area contributed by atoms with Crippen molar-refractivity contribution >= 4 is 23.6 Å². The molecule has 134 valence electrons. The van der Waals surface area contributed by atoms with Crippen molar-refractivity contribution in [1.82, 2.24) is 10.6 Å². The summed E-state index contributed by atoms with van der Waals surface area (Å²) in [6.07, 6.45) is 0.263. The van der Waals surface area contributed by atoms with Crippen molar-refractivity contribution in [2.24, 2.45) is 0 Å². The lowest BCUT2D eigenvalue weighted by Gasteiger charge is -2.07. The molecule has 2 rings (SSSR count). The van der Waals surface area contributed by atoms with Gasteiger partial charge in [-0.3, -0.25) is 9.59 Å². The predicted molar refractivity (Wildman–Crippen MR) is 103 cm³/mol. The van der Waals surface area contributed by atoms with E-state index in [0.29, 0.717) is 30.2 Å². The Kier molecular flexibility index (Phi) is 8.24. The summed E-state index contributed by atoms with van der Waals surface area (Å²) in [7, 11) is 0. The molecule has 6 heteroatoms. The van der Waals surface area contributed by atoms with Gasteiger partial charge in [-0.25, -0.2) is 0 Å². The average molecular weight is 367 g/mol. The molecule has 0 atom stereocenters. The van der Waals surface area contributed by atoms with Crippen molar-refractivity contribution in [2.45, 2.75) is 18.7 Å². The minimum absolute atomic E-state index is 0.0838. The van der Waals surface area contributed by atoms with Gasteiger partial charge in [-0.2, -0.15) is 5.26 Å². The first-order valence-corrected chi connectivity index (χ1v) is 9.47. The van der Waals surface area contributed by atoms with E-state index < -0.39 is 0 Å². The van der Waals surface area contributed by atoms with Crippen LogP contribution in [0, 0.1) is 11.3 Å². The monoisotopic (exact) mass is 367 g/mol. The number of rotatable bonds is 9. The van der Waals surface area contributed by atoms with Gasteiger partial charge in [0.1, 0.15) is 0 Å². The first kappa shape index (κ1) is 19.5. The molecule has 0 unspecified atom stereocenters. The number of carbonyl (C=O) groups is 2. The first-order valence-electron chi connectivity index (χ1n) is 8.31. The van der Waals surface area contributed by atoms with Gasteiger partial charge in [0, 0.05) is 25.3 Å². The number of hydrogen-bond acceptors (Lipinski definition) is 4. The standard InChI is InChI=1S/C20H21N3O2S/c21-12-16-6-8-18(9-7-16)14-26-15-20(25)22-11-10-19(24)23-13-17-4-2-1-3-5-17/h1-9H,10-11,13-15H2,(H,22,25)(H,23,24). The highest BCUT2D eigenvalue weighted by Gasteiger charge is 2.05. The van der Waals surface area contributed by atoms with E-state index in [0.717, 1.165) is 11.1 Å². The van der Waals surface area contributed by atoms with E-state index in [1.54, 1.807) is 12.1 Å². The topological polar surface area (TPSA) is 82.0 Å². The Labute approximate surface area is 157 Å². The van der Waals surface area contributed by atoms with Crippen molar-refractivity contribution in [2.75, 3.05) is 12.3 Å². The van der Waals surface area contributed by atoms with Crippen molar-refractivity contribution in [1.29, 1.82) is 5.26 Å². The molecule has 0 spiro atoms. The lowest BCUT2D eigenvalue weighted by molar-refractivity contribution is -0.121. The number of hydrogen-bond donors (Lipinski definition) is 2. The van der Waals surface area contributed by atoms with Gasteiger partial charge in [0.05, 0.1) is 17.4 Å². The number of thioether (sulfide) groups is 1. The Hall–Kier alpha value is -2.78. The van der Waals surface area contributed by atoms with Gasteiger partial charge in [0.25, 0.3) is 0 Å². The Morgan fingerprint density at radius 2 is 1.65 bits per heavy atom. The normalized spacial score (nSPS) is 9.96. The van der Waals surface area contributed by atoms with E-state index in [1.807, 2.05) is 42.5 Å². The fourth-order valence-corrected chi connectivity index (χ4v) is 3.01. The molecular weight excluding hydrogens is 346 g/mol. The highest BCUT2D eigenvalue weighted by Crippen LogP contribution is 2.12. The second kappa shape index (κ2) is 11.0. The minimum Gasteiger partial charge on any atom is -0.355 e. The predicted octanol–water partition coefficient (Wildman–Crippen LogP) is 2.61. The first-order chi connectivity index (χ1) is 12.7. The molecule has 2 aromatic rings. The second-order valence-corrected chi connectivity index (χ2v) is 6.65. The van der Waals surface area contributed by atoms with Crippen LogP contribution < -0.4 is 10.6 Å². The van der Waals surface area contributed by atoms with Crippen molar-refractivity contribution in [3.8, 4) is 6.07 Å². The molecule has 0 aromatic heterocycles. The molecule has 0 bridgehead atoms. The van der Waals surface area contributed by atoms with Gasteiger partial charge in [-0.05, 0) is 23.3 Å². The average Bonchev–Trinajstić information content (AvgIpc) is 2.68. The van der Waals surface area contributed by atoms with Crippen LogP contribution in [0.1, 0.15) is 23.1 Å². The van der Waals surface area contributed by atoms with Crippen LogP contribution in [0.3, 0.4) is 0 Å². The van der Waals surface area contributed by atoms with Crippen LogP contribution in [0.15, 0.2) is 54.6 Å². The molecular formula is C20H21N3O2S. The maximum atomic E-state index is 11.8. The summed E-state index contributed by atoms with van der Waals surface area (Å²) in [6, 6.07) is 19.1. The van der Waals surface area contributed by atoms with Crippen molar-refractivity contribution in [3.63, 3.8) is 0 Å². The Bertz CT molecular complexity index is 755. The van der Waals surface area contributed by atoms with Gasteiger partial charge in [-0.15, -0.1) is 11.8 Å². The van der Waals surface area contributed by atoms with Crippen LogP contribution in [-0.2, 0) is 21.9 Å². The summed E-state index contributed by atoms with van der Waals surface area (Å²) in [5, 5.41) is 14.3. The van der Waals surface area contributed by atoms with Crippen LogP contribution in [0.5, 0.6) is 0 Å². The molecule has 2 N–H and O–H groups in total. The van der Waals surface area contributed by atoms with Crippen LogP contribution in [0.2, 0.25) is 0 Å². The van der Waals surface area contributed by atoms with Gasteiger partial charge < -0.3 is 10.6 Å². The molecule has 0 heterocycles. The summed E-state index contributed by atoms with van der Waals surface area (Å²) in [6.45, 7) is 0.824. The molecule has 2 amide bonds. The van der Waals surface area contributed by atoms with Gasteiger partial charge in [0.2, 0.25) is 11.8 Å². The van der Waals surface area contributed by atoms with Crippen molar-refractivity contribution in [3.05, 3.63) is 71.3 Å². The fraction of sp³-hybridized carbons (Fsp3) is 0.250. The lowest BCUT2D eigenvalue weighted by Crippen LogP contribution is -2.31. The Morgan fingerprint density at radius 1 is 0.923 bits per heavy atom. The summed E-state index contributed by atoms with van der Waals surface area (Å²) in [5.74, 6) is 0.876. The smallest absolute Gasteiger partial charge is 0.230 e. The molecule has 0 aliphatic rings. The molecule has 5 nitrogen and oxygen atoms in total. The van der Waals surface area contributed by atoms with Crippen LogP contribution in [0.25, 0.3) is 0 Å². The quantitative estimate of drug-likeness (QED) is 0.714. The molecule has 0 fully saturated rings. The maximum Gasteiger partial charge on any atom is 0.230 e. The van der Waals surface area contributed by atoms with E-state index in [4.69, 9.17) is 5.26 Å². The number of amides is 2. The number of nitrogens with zero attached hydrogens (tertiary/aromatic N) is 1. The zero-order valence-corrected chi connectivity index (χ0v) is 15.2. The number of nitrogens with one attached hydrogen (secondary N) is 2. The summed E-state index contributed by atoms with van der Waals surface area (Å²) in [5.41, 5.74) is 2.74. The van der Waals surface area contributed by atoms with E-state index in [2.05, 4.69) is 16.7 Å². The molecule has 0 radical (unpaired) electrons. The molecule has 26 heavy (non-hydrogen) atoms. The van der Waals surface area contributed by atoms with E-state index in [-0.39, 0.29) is 18.2 Å². The Balaban J connectivity index is 1.55. The summed E-state index contributed by atoms with van der Waals surface area (Å²) < 4.78 is 0. The third-order valence-electron chi connectivity index (χ3n) is 3.59. The van der Waals surface area contributed by atoms with Gasteiger partial charge >= 0.3 is 0 Å². The fourth-order valence-electron chi connectivity index (χ4n) is 2.19. The highest BCUT2D eigenvalue weighted by molar-refractivity contribution is 7.99. The van der Waals surface area contributed by atoms with Crippen LogP contribution in [-0.4, -0.2) is 24.1 Å². The largest absolute Gasteiger partial charge is 0.355 e. The molecule has 0 saturated carbocycles. The third-order valence-corrected chi connectivity index (χ3v) is 4.60. The third kappa shape index (κ3) is 7.41. The minimum atomic E-state index is -0.0839. The SMILES string of the molecule is N#Cc1ccc(CSCC(=O)NCCC(=O)NCc2ccccc2)cc1. The zero-order valence-electron chi connectivity index (χ0n) is 14.4. The van der Waals surface area contributed by atoms with E-state index >= 15 is 0 Å². The number of benzene rings is 2. The van der Waals surface area contributed by atoms with Crippen LogP contribution >= 0.6 is 11.8 Å². The summed E-state index contributed by atoms with van der Waals surface area (Å²) in [4.78, 5) is 23.5. The number of nitriles is 1. The lowest BCUT2D eigenvalue weighted by atomic mass is 10.2. The zero-order chi connectivity index (χ0) is 18.6. The molecule has 0 aliphatic carbocycles. The highest BCUT2D eigenvalue weighted by atomic mass is 32.2. The van der Waals surface area contributed by atoms with Crippen LogP contribution in [0.4, 0.5) is 0 Å². The Morgan fingerprint density at radius 3 is 2.35 bits per heavy atom.